The largest absolute Gasteiger partial charge is 0.454 e. The zero-order valence-electron chi connectivity index (χ0n) is 7.94. The fraction of sp³-hybridized carbons (Fsp3) is 0.200. The SMILES string of the molecule is CN1C(=O)c2ccc3c(c2C1=O)OCO3. The molecule has 1 aromatic carbocycles. The van der Waals surface area contributed by atoms with Gasteiger partial charge in [0.1, 0.15) is 0 Å². The minimum absolute atomic E-state index is 0.0942. The first kappa shape index (κ1) is 8.28. The Bertz CT molecular complexity index is 494. The Morgan fingerprint density at radius 1 is 1.20 bits per heavy atom. The zero-order chi connectivity index (χ0) is 10.6. The summed E-state index contributed by atoms with van der Waals surface area (Å²) in [5.74, 6) is 0.269. The molecule has 0 N–H and O–H groups in total. The maximum Gasteiger partial charge on any atom is 0.265 e. The number of hydrogen-bond donors (Lipinski definition) is 0. The van der Waals surface area contributed by atoms with E-state index in [1.165, 1.54) is 7.05 Å². The Morgan fingerprint density at radius 3 is 2.80 bits per heavy atom. The molecule has 15 heavy (non-hydrogen) atoms. The summed E-state index contributed by atoms with van der Waals surface area (Å²) in [5.41, 5.74) is 0.698. The van der Waals surface area contributed by atoms with Crippen molar-refractivity contribution in [1.82, 2.24) is 4.90 Å². The van der Waals surface area contributed by atoms with Crippen molar-refractivity contribution in [2.45, 2.75) is 0 Å². The van der Waals surface area contributed by atoms with E-state index in [1.54, 1.807) is 12.1 Å². The van der Waals surface area contributed by atoms with Crippen LogP contribution in [0.25, 0.3) is 0 Å². The molecule has 0 aliphatic carbocycles. The van der Waals surface area contributed by atoms with Gasteiger partial charge in [0, 0.05) is 7.05 Å². The molecule has 0 unspecified atom stereocenters. The van der Waals surface area contributed by atoms with E-state index in [2.05, 4.69) is 0 Å². The number of rotatable bonds is 0. The Labute approximate surface area is 85.2 Å². The Hall–Kier alpha value is -2.04. The lowest BCUT2D eigenvalue weighted by Gasteiger charge is -2.03. The number of fused-ring (bicyclic) bond motifs is 3. The minimum Gasteiger partial charge on any atom is -0.454 e. The van der Waals surface area contributed by atoms with Crippen molar-refractivity contribution in [1.29, 1.82) is 0 Å². The zero-order valence-corrected chi connectivity index (χ0v) is 7.94. The molecule has 2 aliphatic rings. The van der Waals surface area contributed by atoms with Gasteiger partial charge >= 0.3 is 0 Å². The lowest BCUT2D eigenvalue weighted by Crippen LogP contribution is -2.24. The van der Waals surface area contributed by atoms with Crippen LogP contribution in [0.15, 0.2) is 12.1 Å². The van der Waals surface area contributed by atoms with Gasteiger partial charge in [0.25, 0.3) is 11.8 Å². The van der Waals surface area contributed by atoms with Crippen molar-refractivity contribution in [2.75, 3.05) is 13.8 Å². The van der Waals surface area contributed by atoms with Crippen LogP contribution in [-0.2, 0) is 0 Å². The molecule has 0 atom stereocenters. The molecule has 2 aliphatic heterocycles. The van der Waals surface area contributed by atoms with Crippen LogP contribution in [0.3, 0.4) is 0 Å². The quantitative estimate of drug-likeness (QED) is 0.583. The monoisotopic (exact) mass is 205 g/mol. The number of hydrogen-bond acceptors (Lipinski definition) is 4. The van der Waals surface area contributed by atoms with Crippen LogP contribution in [0.2, 0.25) is 0 Å². The van der Waals surface area contributed by atoms with Gasteiger partial charge < -0.3 is 9.47 Å². The predicted molar refractivity (Wildman–Crippen MR) is 49.0 cm³/mol. The first-order valence-electron chi connectivity index (χ1n) is 4.45. The number of ether oxygens (including phenoxy) is 2. The highest BCUT2D eigenvalue weighted by Gasteiger charge is 2.38. The van der Waals surface area contributed by atoms with E-state index in [9.17, 15) is 9.59 Å². The van der Waals surface area contributed by atoms with Crippen LogP contribution in [0.4, 0.5) is 0 Å². The standard InChI is InChI=1S/C10H7NO4/c1-11-9(12)5-2-3-6-8(15-4-14-6)7(5)10(11)13/h2-3H,4H2,1H3. The summed E-state index contributed by atoms with van der Waals surface area (Å²) in [4.78, 5) is 24.4. The fourth-order valence-electron chi connectivity index (χ4n) is 1.80. The number of nitrogens with zero attached hydrogens (tertiary/aromatic N) is 1. The van der Waals surface area contributed by atoms with E-state index < -0.39 is 0 Å². The molecular formula is C10H7NO4. The van der Waals surface area contributed by atoms with Crippen molar-refractivity contribution in [3.05, 3.63) is 23.3 Å². The third-order valence-corrected chi connectivity index (χ3v) is 2.59. The average molecular weight is 205 g/mol. The smallest absolute Gasteiger partial charge is 0.265 e. The summed E-state index contributed by atoms with van der Waals surface area (Å²) in [5, 5.41) is 0. The molecule has 2 amide bonds. The normalized spacial score (nSPS) is 17.3. The topological polar surface area (TPSA) is 55.8 Å². The average Bonchev–Trinajstić information content (AvgIpc) is 2.78. The molecule has 0 bridgehead atoms. The van der Waals surface area contributed by atoms with E-state index in [0.29, 0.717) is 22.6 Å². The molecule has 0 saturated carbocycles. The molecule has 2 heterocycles. The number of carbonyl (C=O) groups is 2. The Morgan fingerprint density at radius 2 is 2.00 bits per heavy atom. The lowest BCUT2D eigenvalue weighted by atomic mass is 10.1. The number of imide groups is 1. The molecule has 0 saturated heterocycles. The predicted octanol–water partition coefficient (Wildman–Crippen LogP) is 0.641. The maximum absolute atomic E-state index is 11.7. The number of carbonyl (C=O) groups excluding carboxylic acids is 2. The second kappa shape index (κ2) is 2.50. The highest BCUT2D eigenvalue weighted by molar-refractivity contribution is 6.22. The third-order valence-electron chi connectivity index (χ3n) is 2.59. The lowest BCUT2D eigenvalue weighted by molar-refractivity contribution is 0.0692. The van der Waals surface area contributed by atoms with Crippen LogP contribution in [0.5, 0.6) is 11.5 Å². The molecule has 76 valence electrons. The van der Waals surface area contributed by atoms with Crippen LogP contribution < -0.4 is 9.47 Å². The summed E-state index contributed by atoms with van der Waals surface area (Å²) in [7, 11) is 1.45. The van der Waals surface area contributed by atoms with Crippen LogP contribution >= 0.6 is 0 Å². The third kappa shape index (κ3) is 0.869. The van der Waals surface area contributed by atoms with Gasteiger partial charge in [-0.05, 0) is 12.1 Å². The second-order valence-electron chi connectivity index (χ2n) is 3.39. The molecule has 0 fully saturated rings. The molecule has 0 aromatic heterocycles. The van der Waals surface area contributed by atoms with Gasteiger partial charge in [0.15, 0.2) is 11.5 Å². The van der Waals surface area contributed by atoms with Crippen molar-refractivity contribution in [3.8, 4) is 11.5 Å². The summed E-state index contributed by atoms with van der Waals surface area (Å²) in [6.07, 6.45) is 0. The van der Waals surface area contributed by atoms with Gasteiger partial charge in [-0.15, -0.1) is 0 Å². The Kier molecular flexibility index (Phi) is 1.38. The second-order valence-corrected chi connectivity index (χ2v) is 3.39. The van der Waals surface area contributed by atoms with Gasteiger partial charge in [-0.2, -0.15) is 0 Å². The van der Waals surface area contributed by atoms with Gasteiger partial charge in [0.2, 0.25) is 6.79 Å². The summed E-state index contributed by atoms with van der Waals surface area (Å²) in [6.45, 7) is 0.0942. The highest BCUT2D eigenvalue weighted by Crippen LogP contribution is 2.40. The molecule has 0 radical (unpaired) electrons. The molecule has 0 spiro atoms. The Balaban J connectivity index is 2.31. The molecular weight excluding hydrogens is 198 g/mol. The van der Waals surface area contributed by atoms with Crippen LogP contribution in [0, 0.1) is 0 Å². The molecule has 1 aromatic rings. The maximum atomic E-state index is 11.7. The highest BCUT2D eigenvalue weighted by atomic mass is 16.7. The molecule has 5 heteroatoms. The van der Waals surface area contributed by atoms with E-state index in [0.717, 1.165) is 4.90 Å². The van der Waals surface area contributed by atoms with E-state index in [1.807, 2.05) is 0 Å². The van der Waals surface area contributed by atoms with Gasteiger partial charge in [-0.1, -0.05) is 0 Å². The van der Waals surface area contributed by atoms with E-state index in [-0.39, 0.29) is 18.6 Å². The van der Waals surface area contributed by atoms with Crippen molar-refractivity contribution in [2.24, 2.45) is 0 Å². The van der Waals surface area contributed by atoms with Crippen LogP contribution in [0.1, 0.15) is 20.7 Å². The summed E-state index contributed by atoms with van der Waals surface area (Å²) >= 11 is 0. The first-order valence-corrected chi connectivity index (χ1v) is 4.45. The van der Waals surface area contributed by atoms with E-state index in [4.69, 9.17) is 9.47 Å². The first-order chi connectivity index (χ1) is 7.20. The van der Waals surface area contributed by atoms with Gasteiger partial charge in [-0.25, -0.2) is 0 Å². The number of benzene rings is 1. The van der Waals surface area contributed by atoms with Crippen molar-refractivity contribution in [3.63, 3.8) is 0 Å². The number of amides is 2. The van der Waals surface area contributed by atoms with Gasteiger partial charge in [0.05, 0.1) is 11.1 Å². The molecule has 5 nitrogen and oxygen atoms in total. The van der Waals surface area contributed by atoms with Crippen molar-refractivity contribution < 1.29 is 19.1 Å². The molecule has 3 rings (SSSR count). The summed E-state index contributed by atoms with van der Waals surface area (Å²) in [6, 6.07) is 3.23. The summed E-state index contributed by atoms with van der Waals surface area (Å²) < 4.78 is 10.3. The van der Waals surface area contributed by atoms with Gasteiger partial charge in [-0.3, -0.25) is 14.5 Å². The van der Waals surface area contributed by atoms with E-state index >= 15 is 0 Å². The van der Waals surface area contributed by atoms with Crippen molar-refractivity contribution >= 4 is 11.8 Å². The minimum atomic E-state index is -0.336. The fourth-order valence-corrected chi connectivity index (χ4v) is 1.80. The van der Waals surface area contributed by atoms with Crippen LogP contribution in [-0.4, -0.2) is 30.6 Å².